The molecular formula is C32H50GdN4O12+. The molecule has 1 radical (unpaired) electrons. The quantitative estimate of drug-likeness (QED) is 0.133. The summed E-state index contributed by atoms with van der Waals surface area (Å²) in [5.41, 5.74) is 0. The van der Waals surface area contributed by atoms with Crippen molar-refractivity contribution in [1.82, 2.24) is 19.6 Å². The molecule has 0 saturated carbocycles. The molecule has 1 saturated heterocycles. The Morgan fingerprint density at radius 1 is 0.449 bits per heavy atom. The van der Waals surface area contributed by atoms with E-state index in [1.807, 2.05) is 0 Å². The summed E-state index contributed by atoms with van der Waals surface area (Å²) in [5.74, 6) is -6.38. The molecule has 1 heterocycles. The predicted molar refractivity (Wildman–Crippen MR) is 166 cm³/mol. The first kappa shape index (κ1) is 46.7. The number of carboxylic acid groups (broad SMARTS) is 4. The zero-order valence-electron chi connectivity index (χ0n) is 28.7. The molecule has 0 bridgehead atoms. The summed E-state index contributed by atoms with van der Waals surface area (Å²) >= 11 is 0. The molecule has 277 valence electrons. The number of rotatable bonds is 20. The maximum atomic E-state index is 12.4. The van der Waals surface area contributed by atoms with E-state index in [1.54, 1.807) is 9.80 Å². The zero-order chi connectivity index (χ0) is 36.6. The smallest absolute Gasteiger partial charge is 0.548 e. The van der Waals surface area contributed by atoms with Gasteiger partial charge in [0.15, 0.2) is 0 Å². The monoisotopic (exact) mass is 840 g/mol. The van der Waals surface area contributed by atoms with Gasteiger partial charge in [0.25, 0.3) is 0 Å². The van der Waals surface area contributed by atoms with E-state index in [0.717, 1.165) is 0 Å². The van der Waals surface area contributed by atoms with Crippen LogP contribution in [0.2, 0.25) is 0 Å². The van der Waals surface area contributed by atoms with Crippen LogP contribution in [0.4, 0.5) is 0 Å². The Labute approximate surface area is 319 Å². The van der Waals surface area contributed by atoms with Crippen LogP contribution in [0.25, 0.3) is 0 Å². The molecule has 0 aliphatic carbocycles. The summed E-state index contributed by atoms with van der Waals surface area (Å²) in [6, 6.07) is -4.91. The molecule has 16 nitrogen and oxygen atoms in total. The van der Waals surface area contributed by atoms with Crippen LogP contribution in [-0.2, 0) is 38.4 Å². The van der Waals surface area contributed by atoms with Gasteiger partial charge in [-0.3, -0.25) is 29.2 Å². The second-order valence-corrected chi connectivity index (χ2v) is 12.5. The minimum Gasteiger partial charge on any atom is -0.548 e. The number of carbonyl (C=O) groups is 8. The summed E-state index contributed by atoms with van der Waals surface area (Å²) in [6.07, 6.45) is -0.567. The molecule has 17 heteroatoms. The van der Waals surface area contributed by atoms with Gasteiger partial charge in [0.05, 0.1) is 11.9 Å². The van der Waals surface area contributed by atoms with Gasteiger partial charge >= 0.3 is 51.9 Å². The van der Waals surface area contributed by atoms with Crippen molar-refractivity contribution in [2.75, 3.05) is 52.4 Å². The topological polar surface area (TPSA) is 236 Å². The van der Waals surface area contributed by atoms with Crippen LogP contribution in [0.15, 0.2) is 0 Å². The fourth-order valence-corrected chi connectivity index (χ4v) is 5.90. The second-order valence-electron chi connectivity index (χ2n) is 12.5. The Kier molecular flexibility index (Phi) is 22.9. The summed E-state index contributed by atoms with van der Waals surface area (Å²) < 4.78 is 0. The second kappa shape index (κ2) is 24.0. The van der Waals surface area contributed by atoms with Gasteiger partial charge in [-0.15, -0.1) is 0 Å². The van der Waals surface area contributed by atoms with Crippen LogP contribution < -0.4 is 10.2 Å². The summed E-state index contributed by atoms with van der Waals surface area (Å²) in [7, 11) is 0. The van der Waals surface area contributed by atoms with Gasteiger partial charge in [-0.1, -0.05) is 0 Å². The number of nitrogens with zero attached hydrogens (tertiary/aromatic N) is 4. The van der Waals surface area contributed by atoms with Crippen molar-refractivity contribution >= 4 is 47.0 Å². The molecule has 0 spiro atoms. The zero-order valence-corrected chi connectivity index (χ0v) is 31.0. The number of carboxylic acids is 4. The van der Waals surface area contributed by atoms with Crippen molar-refractivity contribution in [2.45, 2.75) is 103 Å². The van der Waals surface area contributed by atoms with E-state index in [2.05, 4.69) is 0 Å². The third-order valence-corrected chi connectivity index (χ3v) is 8.65. The van der Waals surface area contributed by atoms with Gasteiger partial charge in [0, 0.05) is 90.1 Å². The molecule has 1 aliphatic rings. The van der Waals surface area contributed by atoms with Crippen LogP contribution in [0.1, 0.15) is 79.1 Å². The Bertz CT molecular complexity index is 977. The molecule has 0 amide bonds. The molecule has 1 rings (SSSR count). The first-order valence-electron chi connectivity index (χ1n) is 16.3. The van der Waals surface area contributed by atoms with Crippen LogP contribution in [-0.4, -0.2) is 153 Å². The summed E-state index contributed by atoms with van der Waals surface area (Å²) in [6.45, 7) is 4.92. The van der Waals surface area contributed by atoms with E-state index in [1.165, 1.54) is 37.5 Å². The number of Topliss-reactive ketones (excluding diaryl/α,β-unsaturated/α-hetero) is 4. The minimum atomic E-state index is -1.47. The number of hydrogen-bond donors (Lipinski definition) is 2. The van der Waals surface area contributed by atoms with Crippen molar-refractivity contribution in [3.05, 3.63) is 0 Å². The van der Waals surface area contributed by atoms with Gasteiger partial charge < -0.3 is 49.2 Å². The van der Waals surface area contributed by atoms with Gasteiger partial charge in [-0.2, -0.15) is 0 Å². The van der Waals surface area contributed by atoms with Gasteiger partial charge in [-0.25, -0.2) is 0 Å². The molecule has 0 aromatic carbocycles. The fourth-order valence-electron chi connectivity index (χ4n) is 5.90. The molecule has 49 heavy (non-hydrogen) atoms. The molecule has 0 aromatic rings. The maximum Gasteiger partial charge on any atom is 3.00 e. The van der Waals surface area contributed by atoms with E-state index in [9.17, 15) is 58.8 Å². The Balaban J connectivity index is 0.0000230. The van der Waals surface area contributed by atoms with Gasteiger partial charge in [-0.05, 0) is 53.4 Å². The third-order valence-electron chi connectivity index (χ3n) is 8.65. The van der Waals surface area contributed by atoms with Gasteiger partial charge in [0.1, 0.15) is 35.2 Å². The predicted octanol–water partition coefficient (Wildman–Crippen LogP) is -2.17. The maximum absolute atomic E-state index is 12.4. The number of carbonyl (C=O) groups excluding carboxylic acids is 6. The molecule has 4 atom stereocenters. The first-order chi connectivity index (χ1) is 22.4. The minimum absolute atomic E-state index is 0. The van der Waals surface area contributed by atoms with E-state index < -0.39 is 48.0 Å². The molecule has 1 fully saturated rings. The van der Waals surface area contributed by atoms with Crippen molar-refractivity contribution in [1.29, 1.82) is 0 Å². The Morgan fingerprint density at radius 3 is 0.796 bits per heavy atom. The molecule has 4 unspecified atom stereocenters. The van der Waals surface area contributed by atoms with E-state index in [4.69, 9.17) is 0 Å². The largest absolute Gasteiger partial charge is 3.00 e. The van der Waals surface area contributed by atoms with Crippen molar-refractivity contribution in [3.63, 3.8) is 0 Å². The van der Waals surface area contributed by atoms with Crippen LogP contribution in [0.3, 0.4) is 0 Å². The number of aliphatic carboxylic acids is 4. The summed E-state index contributed by atoms with van der Waals surface area (Å²) in [4.78, 5) is 103. The van der Waals surface area contributed by atoms with Gasteiger partial charge in [0.2, 0.25) is 0 Å². The van der Waals surface area contributed by atoms with Crippen LogP contribution in [0, 0.1) is 39.9 Å². The van der Waals surface area contributed by atoms with E-state index in [0.29, 0.717) is 0 Å². The molecular weight excluding hydrogens is 790 g/mol. The van der Waals surface area contributed by atoms with Crippen molar-refractivity contribution in [2.24, 2.45) is 0 Å². The number of hydrogen-bond acceptors (Lipinski definition) is 14. The van der Waals surface area contributed by atoms with Crippen molar-refractivity contribution in [3.8, 4) is 0 Å². The average Bonchev–Trinajstić information content (AvgIpc) is 2.95. The Hall–Kier alpha value is -2.28. The van der Waals surface area contributed by atoms with E-state index >= 15 is 0 Å². The van der Waals surface area contributed by atoms with E-state index in [-0.39, 0.29) is 167 Å². The normalized spacial score (nSPS) is 18.4. The molecule has 0 aromatic heterocycles. The van der Waals surface area contributed by atoms with Crippen molar-refractivity contribution < 1.29 is 98.7 Å². The number of ketones is 4. The van der Waals surface area contributed by atoms with Crippen LogP contribution >= 0.6 is 0 Å². The first-order valence-corrected chi connectivity index (χ1v) is 16.3. The Morgan fingerprint density at radius 2 is 0.633 bits per heavy atom. The SMILES string of the molecule is CC(=O)CCC(C(=O)[O-])N1CCN(C(CCC(C)=O)C(=O)[O-])CCN(C(CCC(C)=O)C(=O)O)CCN(C(CCC(C)=O)C(=O)O)CC1.[Gd+3]. The standard InChI is InChI=1S/C32H52N4O12.Gd/c1-21(37)5-9-25(29(41)42)33-13-15-34(26(30(43)44)10-6-22(2)38)17-19-36(28(32(47)48)12-8-24(4)40)20-18-35(16-14-33)27(31(45)46)11-7-23(3)39;/h25-28H,5-20H2,1-4H3,(H,41,42)(H,43,44)(H,45,46)(H,47,48);/q;+3/p-2. The average molecular weight is 840 g/mol. The third kappa shape index (κ3) is 18.0. The molecule has 1 aliphatic heterocycles. The fraction of sp³-hybridized carbons (Fsp3) is 0.750. The summed E-state index contributed by atoms with van der Waals surface area (Å²) in [5, 5.41) is 44.9. The molecule has 2 N–H and O–H groups in total. The van der Waals surface area contributed by atoms with Crippen LogP contribution in [0.5, 0.6) is 0 Å².